The summed E-state index contributed by atoms with van der Waals surface area (Å²) in [5.41, 5.74) is -1.59. The first kappa shape index (κ1) is 20.8. The molecular formula is C18H13BrF6N4O. The lowest BCUT2D eigenvalue weighted by molar-refractivity contribution is -0.0981. The van der Waals surface area contributed by atoms with Crippen LogP contribution in [0.1, 0.15) is 24.0 Å². The zero-order valence-corrected chi connectivity index (χ0v) is 16.6. The topological polar surface area (TPSA) is 63.2 Å². The number of fused-ring (bicyclic) bond motifs is 3. The number of amidine groups is 1. The maximum Gasteiger partial charge on any atom is 0.417 e. The summed E-state index contributed by atoms with van der Waals surface area (Å²) in [6, 6.07) is 3.01. The summed E-state index contributed by atoms with van der Waals surface area (Å²) in [5, 5.41) is 3.63. The smallest absolute Gasteiger partial charge is 0.417 e. The number of alkyl halides is 5. The Labute approximate surface area is 174 Å². The highest BCUT2D eigenvalue weighted by Crippen LogP contribution is 2.47. The van der Waals surface area contributed by atoms with Crippen LogP contribution in [0.4, 0.5) is 26.3 Å². The Morgan fingerprint density at radius 2 is 2.03 bits per heavy atom. The van der Waals surface area contributed by atoms with Crippen LogP contribution in [0.25, 0.3) is 0 Å². The van der Waals surface area contributed by atoms with Gasteiger partial charge >= 0.3 is 12.8 Å². The van der Waals surface area contributed by atoms with Gasteiger partial charge in [-0.25, -0.2) is 4.39 Å². The zero-order valence-electron chi connectivity index (χ0n) is 15.0. The first-order valence-corrected chi connectivity index (χ1v) is 9.43. The van der Waals surface area contributed by atoms with Crippen LogP contribution in [0.3, 0.4) is 0 Å². The van der Waals surface area contributed by atoms with Gasteiger partial charge < -0.3 is 15.5 Å². The SMILES string of the molecule is NN=C1CCC2(CN3C=C(C(F)(F)F)C=C(OC(F)F)C3=N2)c2ccc(Br)c(F)c21. The summed E-state index contributed by atoms with van der Waals surface area (Å²) < 4.78 is 84.8. The third kappa shape index (κ3) is 3.26. The maximum absolute atomic E-state index is 14.9. The highest BCUT2D eigenvalue weighted by molar-refractivity contribution is 9.10. The van der Waals surface area contributed by atoms with E-state index in [1.165, 1.54) is 6.07 Å². The average molecular weight is 495 g/mol. The number of hydrazone groups is 1. The van der Waals surface area contributed by atoms with E-state index >= 15 is 0 Å². The van der Waals surface area contributed by atoms with Crippen LogP contribution in [0.15, 0.2) is 50.3 Å². The van der Waals surface area contributed by atoms with Crippen LogP contribution < -0.4 is 5.84 Å². The molecule has 2 aliphatic heterocycles. The lowest BCUT2D eigenvalue weighted by atomic mass is 9.76. The standard InChI is InChI=1S/C18H13BrF6N4O/c19-10-2-1-9-13(14(10)20)11(28-26)3-4-17(9)7-29-6-8(18(23,24)25)5-12(15(29)27-17)30-16(21)22/h1-2,5-6,16H,3-4,7,26H2. The molecule has 12 heteroatoms. The molecular weight excluding hydrogens is 482 g/mol. The molecule has 2 heterocycles. The summed E-state index contributed by atoms with van der Waals surface area (Å²) in [7, 11) is 0. The number of benzene rings is 1. The van der Waals surface area contributed by atoms with Crippen LogP contribution in [0.5, 0.6) is 0 Å². The van der Waals surface area contributed by atoms with Crippen molar-refractivity contribution < 1.29 is 31.1 Å². The van der Waals surface area contributed by atoms with E-state index in [-0.39, 0.29) is 41.0 Å². The van der Waals surface area contributed by atoms with Gasteiger partial charge in [0.2, 0.25) is 0 Å². The molecule has 0 radical (unpaired) electrons. The Morgan fingerprint density at radius 3 is 2.67 bits per heavy atom. The van der Waals surface area contributed by atoms with Gasteiger partial charge in [0.25, 0.3) is 0 Å². The molecule has 4 rings (SSSR count). The van der Waals surface area contributed by atoms with Crippen molar-refractivity contribution in [2.45, 2.75) is 31.2 Å². The molecule has 3 aliphatic rings. The average Bonchev–Trinajstić information content (AvgIpc) is 3.03. The van der Waals surface area contributed by atoms with Crippen molar-refractivity contribution in [1.29, 1.82) is 0 Å². The molecule has 160 valence electrons. The molecule has 1 aliphatic carbocycles. The van der Waals surface area contributed by atoms with Gasteiger partial charge in [-0.1, -0.05) is 6.07 Å². The van der Waals surface area contributed by atoms with Crippen molar-refractivity contribution in [3.8, 4) is 0 Å². The Hall–Kier alpha value is -2.50. The number of nitrogens with two attached hydrogens (primary N) is 1. The lowest BCUT2D eigenvalue weighted by Gasteiger charge is -2.34. The van der Waals surface area contributed by atoms with Crippen molar-refractivity contribution in [2.75, 3.05) is 6.54 Å². The number of hydrogen-bond donors (Lipinski definition) is 1. The minimum Gasteiger partial charge on any atom is -0.431 e. The number of aliphatic imine (C=N–C) groups is 1. The molecule has 0 bridgehead atoms. The van der Waals surface area contributed by atoms with Crippen molar-refractivity contribution >= 4 is 27.5 Å². The molecule has 1 atom stereocenters. The zero-order chi connectivity index (χ0) is 21.8. The molecule has 0 aromatic heterocycles. The highest BCUT2D eigenvalue weighted by Gasteiger charge is 2.49. The van der Waals surface area contributed by atoms with Gasteiger partial charge in [0.1, 0.15) is 11.4 Å². The van der Waals surface area contributed by atoms with Gasteiger partial charge in [0.15, 0.2) is 11.6 Å². The fraction of sp³-hybridized carbons (Fsp3) is 0.333. The van der Waals surface area contributed by atoms with E-state index in [4.69, 9.17) is 5.84 Å². The van der Waals surface area contributed by atoms with E-state index in [1.807, 2.05) is 0 Å². The second-order valence-electron chi connectivity index (χ2n) is 6.92. The molecule has 0 saturated heterocycles. The summed E-state index contributed by atoms with van der Waals surface area (Å²) in [5.74, 6) is 3.89. The number of allylic oxidation sites excluding steroid dienone is 2. The Bertz CT molecular complexity index is 1030. The number of halogens is 7. The van der Waals surface area contributed by atoms with Gasteiger partial charge in [0, 0.05) is 11.8 Å². The molecule has 1 spiro atoms. The minimum absolute atomic E-state index is 0.0997. The van der Waals surface area contributed by atoms with Crippen molar-refractivity contribution in [2.24, 2.45) is 15.9 Å². The molecule has 1 unspecified atom stereocenters. The van der Waals surface area contributed by atoms with Crippen molar-refractivity contribution in [3.63, 3.8) is 0 Å². The van der Waals surface area contributed by atoms with E-state index in [2.05, 4.69) is 30.8 Å². The van der Waals surface area contributed by atoms with Crippen LogP contribution in [-0.4, -0.2) is 35.8 Å². The largest absolute Gasteiger partial charge is 0.431 e. The van der Waals surface area contributed by atoms with Crippen LogP contribution in [-0.2, 0) is 10.3 Å². The lowest BCUT2D eigenvalue weighted by Crippen LogP contribution is -2.38. The van der Waals surface area contributed by atoms with E-state index in [1.54, 1.807) is 6.07 Å². The molecule has 0 saturated carbocycles. The molecule has 1 aromatic carbocycles. The summed E-state index contributed by atoms with van der Waals surface area (Å²) in [4.78, 5) is 5.57. The number of ether oxygens (including phenoxy) is 1. The maximum atomic E-state index is 14.9. The third-order valence-electron chi connectivity index (χ3n) is 5.19. The second-order valence-corrected chi connectivity index (χ2v) is 7.78. The minimum atomic E-state index is -4.78. The first-order chi connectivity index (χ1) is 14.1. The van der Waals surface area contributed by atoms with E-state index in [0.29, 0.717) is 11.6 Å². The Morgan fingerprint density at radius 1 is 1.30 bits per heavy atom. The van der Waals surface area contributed by atoms with Crippen molar-refractivity contribution in [3.05, 3.63) is 57.2 Å². The fourth-order valence-corrected chi connectivity index (χ4v) is 4.26. The van der Waals surface area contributed by atoms with Gasteiger partial charge in [-0.05, 0) is 46.5 Å². The van der Waals surface area contributed by atoms with Crippen LogP contribution in [0.2, 0.25) is 0 Å². The van der Waals surface area contributed by atoms with Gasteiger partial charge in [-0.2, -0.15) is 27.1 Å². The monoisotopic (exact) mass is 494 g/mol. The molecule has 1 aromatic rings. The fourth-order valence-electron chi connectivity index (χ4n) is 3.93. The van der Waals surface area contributed by atoms with Gasteiger partial charge in [-0.15, -0.1) is 0 Å². The predicted molar refractivity (Wildman–Crippen MR) is 99.2 cm³/mol. The van der Waals surface area contributed by atoms with Crippen LogP contribution in [0, 0.1) is 5.82 Å². The molecule has 0 amide bonds. The third-order valence-corrected chi connectivity index (χ3v) is 5.80. The normalized spacial score (nSPS) is 24.6. The molecule has 30 heavy (non-hydrogen) atoms. The second kappa shape index (κ2) is 7.03. The summed E-state index contributed by atoms with van der Waals surface area (Å²) >= 11 is 3.09. The van der Waals surface area contributed by atoms with E-state index < -0.39 is 35.5 Å². The molecule has 2 N–H and O–H groups in total. The van der Waals surface area contributed by atoms with Gasteiger partial charge in [0.05, 0.1) is 22.3 Å². The van der Waals surface area contributed by atoms with Crippen LogP contribution >= 0.6 is 15.9 Å². The highest BCUT2D eigenvalue weighted by atomic mass is 79.9. The summed E-state index contributed by atoms with van der Waals surface area (Å²) in [6.45, 7) is -3.45. The number of hydrogen-bond acceptors (Lipinski definition) is 5. The number of rotatable bonds is 2. The van der Waals surface area contributed by atoms with Gasteiger partial charge in [-0.3, -0.25) is 4.99 Å². The predicted octanol–water partition coefficient (Wildman–Crippen LogP) is 4.54. The molecule has 5 nitrogen and oxygen atoms in total. The first-order valence-electron chi connectivity index (χ1n) is 8.64. The summed E-state index contributed by atoms with van der Waals surface area (Å²) in [6.07, 6.45) is -3.06. The number of nitrogens with zero attached hydrogens (tertiary/aromatic N) is 3. The quantitative estimate of drug-likeness (QED) is 0.373. The van der Waals surface area contributed by atoms with Crippen molar-refractivity contribution in [1.82, 2.24) is 4.90 Å². The Balaban J connectivity index is 1.87. The van der Waals surface area contributed by atoms with E-state index in [0.717, 1.165) is 11.1 Å². The Kier molecular flexibility index (Phi) is 4.87. The molecule has 0 fully saturated rings. The van der Waals surface area contributed by atoms with E-state index in [9.17, 15) is 26.3 Å².